The number of Topliss-reactive ketones (excluding diaryl/α,β-unsaturated/α-hetero) is 1. The highest BCUT2D eigenvalue weighted by Crippen LogP contribution is 2.37. The maximum absolute atomic E-state index is 11.0. The summed E-state index contributed by atoms with van der Waals surface area (Å²) >= 11 is 0. The van der Waals surface area contributed by atoms with Crippen LogP contribution in [0.3, 0.4) is 0 Å². The monoisotopic (exact) mass is 228 g/mol. The third-order valence-electron chi connectivity index (χ3n) is 3.00. The number of ketones is 1. The van der Waals surface area contributed by atoms with Crippen molar-refractivity contribution in [2.24, 2.45) is 0 Å². The third kappa shape index (κ3) is 4.75. The Labute approximate surface area is 94.8 Å². The van der Waals surface area contributed by atoms with Gasteiger partial charge in [-0.3, -0.25) is 4.79 Å². The van der Waals surface area contributed by atoms with Crippen molar-refractivity contribution >= 4 is 14.1 Å². The van der Waals surface area contributed by atoms with E-state index in [2.05, 4.69) is 40.4 Å². The minimum Gasteiger partial charge on any atom is -0.410 e. The van der Waals surface area contributed by atoms with Crippen molar-refractivity contribution in [1.82, 2.24) is 0 Å². The molecule has 0 N–H and O–H groups in total. The number of hydrogen-bond donors (Lipinski definition) is 0. The number of rotatable bonds is 5. The molecule has 0 aromatic carbocycles. The standard InChI is InChI=1S/C12H24O2Si/c1-8-11(9-10(2)13)14-15(6,7)12(3,4)5/h8,11H,1,9H2,2-7H3/t11-/m0/s1. The van der Waals surface area contributed by atoms with Crippen LogP contribution in [0.4, 0.5) is 0 Å². The summed E-state index contributed by atoms with van der Waals surface area (Å²) in [5.74, 6) is 0.151. The van der Waals surface area contributed by atoms with Gasteiger partial charge in [0.05, 0.1) is 6.10 Å². The molecule has 3 heteroatoms. The smallest absolute Gasteiger partial charge is 0.192 e. The Hall–Kier alpha value is -0.413. The molecule has 0 amide bonds. The largest absolute Gasteiger partial charge is 0.410 e. The minimum atomic E-state index is -1.78. The van der Waals surface area contributed by atoms with Crippen LogP contribution in [0.15, 0.2) is 12.7 Å². The lowest BCUT2D eigenvalue weighted by molar-refractivity contribution is -0.118. The Balaban J connectivity index is 4.54. The highest BCUT2D eigenvalue weighted by atomic mass is 28.4. The second kappa shape index (κ2) is 5.08. The molecule has 88 valence electrons. The molecule has 0 spiro atoms. The SMILES string of the molecule is C=C[C@@H](CC(C)=O)O[Si](C)(C)C(C)(C)C. The summed E-state index contributed by atoms with van der Waals surface area (Å²) in [5.41, 5.74) is 0. The van der Waals surface area contributed by atoms with Gasteiger partial charge in [-0.05, 0) is 25.1 Å². The van der Waals surface area contributed by atoms with Gasteiger partial charge >= 0.3 is 0 Å². The molecule has 0 bridgehead atoms. The van der Waals surface area contributed by atoms with E-state index in [0.29, 0.717) is 6.42 Å². The normalized spacial score (nSPS) is 14.8. The molecule has 15 heavy (non-hydrogen) atoms. The van der Waals surface area contributed by atoms with Gasteiger partial charge in [-0.1, -0.05) is 26.8 Å². The number of hydrogen-bond acceptors (Lipinski definition) is 2. The number of carbonyl (C=O) groups excluding carboxylic acids is 1. The average Bonchev–Trinajstić information content (AvgIpc) is 1.99. The molecule has 1 atom stereocenters. The predicted octanol–water partition coefficient (Wildman–Crippen LogP) is 3.54. The molecule has 0 rings (SSSR count). The summed E-state index contributed by atoms with van der Waals surface area (Å²) < 4.78 is 6.06. The van der Waals surface area contributed by atoms with Gasteiger partial charge in [-0.2, -0.15) is 0 Å². The highest BCUT2D eigenvalue weighted by Gasteiger charge is 2.38. The summed E-state index contributed by atoms with van der Waals surface area (Å²) in [5, 5.41) is 0.172. The zero-order valence-electron chi connectivity index (χ0n) is 10.9. The molecule has 0 saturated heterocycles. The van der Waals surface area contributed by atoms with Gasteiger partial charge in [-0.15, -0.1) is 6.58 Å². The van der Waals surface area contributed by atoms with E-state index in [4.69, 9.17) is 4.43 Å². The van der Waals surface area contributed by atoms with Crippen molar-refractivity contribution < 1.29 is 9.22 Å². The topological polar surface area (TPSA) is 26.3 Å². The van der Waals surface area contributed by atoms with Crippen LogP contribution in [0.25, 0.3) is 0 Å². The minimum absolute atomic E-state index is 0.122. The lowest BCUT2D eigenvalue weighted by Gasteiger charge is -2.38. The lowest BCUT2D eigenvalue weighted by Crippen LogP contribution is -2.43. The first-order valence-corrected chi connectivity index (χ1v) is 8.31. The predicted molar refractivity (Wildman–Crippen MR) is 67.6 cm³/mol. The summed E-state index contributed by atoms with van der Waals surface area (Å²) in [7, 11) is -1.78. The van der Waals surface area contributed by atoms with E-state index >= 15 is 0 Å². The maximum atomic E-state index is 11.0. The Morgan fingerprint density at radius 2 is 1.93 bits per heavy atom. The van der Waals surface area contributed by atoms with Gasteiger partial charge in [0, 0.05) is 6.42 Å². The molecule has 0 aromatic rings. The first-order chi connectivity index (χ1) is 6.60. The van der Waals surface area contributed by atoms with Gasteiger partial charge < -0.3 is 4.43 Å². The quantitative estimate of drug-likeness (QED) is 0.531. The van der Waals surface area contributed by atoms with E-state index in [9.17, 15) is 4.79 Å². The van der Waals surface area contributed by atoms with Crippen LogP contribution in [0, 0.1) is 0 Å². The molecule has 0 heterocycles. The fourth-order valence-electron chi connectivity index (χ4n) is 1.01. The lowest BCUT2D eigenvalue weighted by atomic mass is 10.2. The van der Waals surface area contributed by atoms with E-state index in [-0.39, 0.29) is 16.9 Å². The molecule has 0 saturated carbocycles. The molecule has 0 aromatic heterocycles. The Bertz CT molecular complexity index is 238. The summed E-state index contributed by atoms with van der Waals surface area (Å²) in [6.45, 7) is 16.2. The molecule has 0 aliphatic heterocycles. The van der Waals surface area contributed by atoms with Crippen LogP contribution < -0.4 is 0 Å². The van der Waals surface area contributed by atoms with Gasteiger partial charge in [0.1, 0.15) is 5.78 Å². The average molecular weight is 228 g/mol. The first-order valence-electron chi connectivity index (χ1n) is 5.40. The van der Waals surface area contributed by atoms with Crippen molar-refractivity contribution in [2.45, 2.75) is 58.4 Å². The molecule has 0 fully saturated rings. The van der Waals surface area contributed by atoms with Crippen LogP contribution in [0.1, 0.15) is 34.1 Å². The van der Waals surface area contributed by atoms with Crippen LogP contribution >= 0.6 is 0 Å². The van der Waals surface area contributed by atoms with E-state index in [1.165, 1.54) is 0 Å². The zero-order chi connectivity index (χ0) is 12.3. The van der Waals surface area contributed by atoms with E-state index < -0.39 is 8.32 Å². The van der Waals surface area contributed by atoms with Crippen LogP contribution in [0.2, 0.25) is 18.1 Å². The number of carbonyl (C=O) groups is 1. The summed E-state index contributed by atoms with van der Waals surface area (Å²) in [6.07, 6.45) is 2.06. The zero-order valence-corrected chi connectivity index (χ0v) is 11.9. The second-order valence-corrected chi connectivity index (χ2v) is 10.3. The summed E-state index contributed by atoms with van der Waals surface area (Å²) in [4.78, 5) is 11.0. The van der Waals surface area contributed by atoms with Crippen molar-refractivity contribution in [1.29, 1.82) is 0 Å². The molecule has 0 aliphatic carbocycles. The van der Waals surface area contributed by atoms with Gasteiger partial charge in [-0.25, -0.2) is 0 Å². The molecule has 0 unspecified atom stereocenters. The fourth-order valence-corrected chi connectivity index (χ4v) is 2.30. The molecular formula is C12H24O2Si. The first kappa shape index (κ1) is 14.6. The Morgan fingerprint density at radius 1 is 1.47 bits per heavy atom. The Morgan fingerprint density at radius 3 is 2.20 bits per heavy atom. The maximum Gasteiger partial charge on any atom is 0.192 e. The van der Waals surface area contributed by atoms with Crippen molar-refractivity contribution in [3.8, 4) is 0 Å². The van der Waals surface area contributed by atoms with Crippen LogP contribution in [0.5, 0.6) is 0 Å². The van der Waals surface area contributed by atoms with Crippen LogP contribution in [-0.2, 0) is 9.22 Å². The van der Waals surface area contributed by atoms with Crippen LogP contribution in [-0.4, -0.2) is 20.2 Å². The molecular weight excluding hydrogens is 204 g/mol. The van der Waals surface area contributed by atoms with Crippen molar-refractivity contribution in [2.75, 3.05) is 0 Å². The van der Waals surface area contributed by atoms with E-state index in [1.54, 1.807) is 13.0 Å². The molecule has 0 radical (unpaired) electrons. The van der Waals surface area contributed by atoms with Gasteiger partial charge in [0.2, 0.25) is 0 Å². The van der Waals surface area contributed by atoms with E-state index in [0.717, 1.165) is 0 Å². The fraction of sp³-hybridized carbons (Fsp3) is 0.750. The van der Waals surface area contributed by atoms with Crippen molar-refractivity contribution in [3.63, 3.8) is 0 Å². The van der Waals surface area contributed by atoms with Gasteiger partial charge in [0.15, 0.2) is 8.32 Å². The van der Waals surface area contributed by atoms with Gasteiger partial charge in [0.25, 0.3) is 0 Å². The van der Waals surface area contributed by atoms with E-state index in [1.807, 2.05) is 0 Å². The highest BCUT2D eigenvalue weighted by molar-refractivity contribution is 6.74. The van der Waals surface area contributed by atoms with Crippen molar-refractivity contribution in [3.05, 3.63) is 12.7 Å². The Kier molecular flexibility index (Phi) is 4.94. The molecule has 0 aliphatic rings. The third-order valence-corrected chi connectivity index (χ3v) is 7.51. The second-order valence-electron chi connectivity index (χ2n) is 5.56. The summed E-state index contributed by atoms with van der Waals surface area (Å²) in [6, 6.07) is 0. The molecule has 2 nitrogen and oxygen atoms in total.